The van der Waals surface area contributed by atoms with Crippen molar-refractivity contribution in [2.24, 2.45) is 0 Å². The fourth-order valence-electron chi connectivity index (χ4n) is 1.38. The van der Waals surface area contributed by atoms with Crippen LogP contribution in [0.1, 0.15) is 16.7 Å². The van der Waals surface area contributed by atoms with E-state index in [2.05, 4.69) is 15.9 Å². The zero-order chi connectivity index (χ0) is 15.0. The second-order valence-corrected chi connectivity index (χ2v) is 3.97. The molecule has 0 aliphatic heterocycles. The first-order valence-electron chi connectivity index (χ1n) is 4.50. The number of nitrogens with zero attached hydrogens (tertiary/aromatic N) is 1. The third kappa shape index (κ3) is 3.37. The summed E-state index contributed by atoms with van der Waals surface area (Å²) in [5.74, 6) is 0. The molecule has 19 heavy (non-hydrogen) atoms. The van der Waals surface area contributed by atoms with Gasteiger partial charge in [0.2, 0.25) is 0 Å². The smallest absolute Gasteiger partial charge is 0.258 e. The molecule has 0 fully saturated rings. The van der Waals surface area contributed by atoms with Crippen LogP contribution >= 0.6 is 15.9 Å². The number of nitro groups is 1. The van der Waals surface area contributed by atoms with Gasteiger partial charge in [0.05, 0.1) is 16.1 Å². The van der Waals surface area contributed by atoms with E-state index in [4.69, 9.17) is 0 Å². The molecule has 0 aliphatic rings. The van der Waals surface area contributed by atoms with Gasteiger partial charge in [0, 0.05) is 17.0 Å². The Balaban J connectivity index is 3.68. The molecule has 0 radical (unpaired) electrons. The van der Waals surface area contributed by atoms with Gasteiger partial charge >= 0.3 is 12.4 Å². The van der Waals surface area contributed by atoms with Gasteiger partial charge in [-0.25, -0.2) is 0 Å². The third-order valence-electron chi connectivity index (χ3n) is 2.17. The topological polar surface area (TPSA) is 43.1 Å². The van der Waals surface area contributed by atoms with E-state index in [1.165, 1.54) is 0 Å². The molecule has 10 heteroatoms. The predicted molar refractivity (Wildman–Crippen MR) is 55.7 cm³/mol. The van der Waals surface area contributed by atoms with Crippen molar-refractivity contribution < 1.29 is 31.3 Å². The summed E-state index contributed by atoms with van der Waals surface area (Å²) >= 11 is 2.70. The summed E-state index contributed by atoms with van der Waals surface area (Å²) in [6.45, 7) is 0. The van der Waals surface area contributed by atoms with E-state index in [0.717, 1.165) is 0 Å². The monoisotopic (exact) mass is 351 g/mol. The van der Waals surface area contributed by atoms with E-state index in [0.29, 0.717) is 0 Å². The van der Waals surface area contributed by atoms with Gasteiger partial charge in [-0.1, -0.05) is 15.9 Å². The zero-order valence-corrected chi connectivity index (χ0v) is 10.4. The van der Waals surface area contributed by atoms with E-state index >= 15 is 0 Å². The van der Waals surface area contributed by atoms with Gasteiger partial charge in [0.25, 0.3) is 5.69 Å². The summed E-state index contributed by atoms with van der Waals surface area (Å²) in [5.41, 5.74) is -5.51. The van der Waals surface area contributed by atoms with Gasteiger partial charge in [-0.05, 0) is 6.07 Å². The van der Waals surface area contributed by atoms with E-state index in [1.54, 1.807) is 0 Å². The van der Waals surface area contributed by atoms with Crippen LogP contribution in [0.2, 0.25) is 0 Å². The highest BCUT2D eigenvalue weighted by molar-refractivity contribution is 9.08. The minimum atomic E-state index is -5.33. The fourth-order valence-corrected chi connectivity index (χ4v) is 1.83. The second kappa shape index (κ2) is 4.99. The van der Waals surface area contributed by atoms with Crippen LogP contribution in [0, 0.1) is 10.1 Å². The van der Waals surface area contributed by atoms with E-state index in [-0.39, 0.29) is 17.5 Å². The highest BCUT2D eigenvalue weighted by Gasteiger charge is 2.44. The molecule has 0 bridgehead atoms. The Morgan fingerprint density at radius 1 is 1.05 bits per heavy atom. The summed E-state index contributed by atoms with van der Waals surface area (Å²) in [5, 5.41) is 10.2. The Kier molecular flexibility index (Phi) is 4.13. The van der Waals surface area contributed by atoms with Crippen molar-refractivity contribution in [3.63, 3.8) is 0 Å². The number of alkyl halides is 7. The SMILES string of the molecule is O=[N+]([O-])c1cc(C(F)(F)F)c(C(F)(F)F)cc1CBr. The molecule has 0 atom stereocenters. The molecule has 0 unspecified atom stereocenters. The van der Waals surface area contributed by atoms with Gasteiger partial charge < -0.3 is 0 Å². The molecule has 106 valence electrons. The number of halogens is 7. The van der Waals surface area contributed by atoms with E-state index in [9.17, 15) is 36.5 Å². The number of nitro benzene ring substituents is 1. The van der Waals surface area contributed by atoms with Crippen molar-refractivity contribution in [2.75, 3.05) is 0 Å². The van der Waals surface area contributed by atoms with E-state index in [1.807, 2.05) is 0 Å². The molecular formula is C9H4BrF6NO2. The zero-order valence-electron chi connectivity index (χ0n) is 8.77. The van der Waals surface area contributed by atoms with Gasteiger partial charge in [-0.3, -0.25) is 10.1 Å². The van der Waals surface area contributed by atoms with Crippen LogP contribution in [0.15, 0.2) is 12.1 Å². The molecule has 1 rings (SSSR count). The minimum Gasteiger partial charge on any atom is -0.258 e. The molecule has 0 saturated carbocycles. The number of benzene rings is 1. The standard InChI is InChI=1S/C9H4BrF6NO2/c10-3-4-1-5(8(11,12)13)6(9(14,15)16)2-7(4)17(18)19/h1-2H,3H2. The predicted octanol–water partition coefficient (Wildman–Crippen LogP) is 4.53. The lowest BCUT2D eigenvalue weighted by molar-refractivity contribution is -0.385. The Morgan fingerprint density at radius 3 is 1.79 bits per heavy atom. The lowest BCUT2D eigenvalue weighted by Crippen LogP contribution is -2.17. The number of rotatable bonds is 2. The first-order valence-corrected chi connectivity index (χ1v) is 5.62. The lowest BCUT2D eigenvalue weighted by Gasteiger charge is -2.16. The molecule has 0 saturated heterocycles. The maximum atomic E-state index is 12.5. The Hall–Kier alpha value is -1.32. The third-order valence-corrected chi connectivity index (χ3v) is 2.77. The molecule has 0 aromatic heterocycles. The van der Waals surface area contributed by atoms with Crippen LogP contribution in [0.3, 0.4) is 0 Å². The molecule has 3 nitrogen and oxygen atoms in total. The van der Waals surface area contributed by atoms with Gasteiger partial charge in [0.1, 0.15) is 0 Å². The van der Waals surface area contributed by atoms with Gasteiger partial charge in [-0.15, -0.1) is 0 Å². The summed E-state index contributed by atoms with van der Waals surface area (Å²) in [6, 6.07) is 0.0368. The van der Waals surface area contributed by atoms with Crippen LogP contribution in [0.25, 0.3) is 0 Å². The Bertz CT molecular complexity index is 511. The summed E-state index contributed by atoms with van der Waals surface area (Å²) in [4.78, 5) is 9.40. The molecule has 0 spiro atoms. The molecule has 1 aromatic carbocycles. The first kappa shape index (κ1) is 15.7. The highest BCUT2D eigenvalue weighted by Crippen LogP contribution is 2.43. The van der Waals surface area contributed by atoms with Crippen molar-refractivity contribution in [1.29, 1.82) is 0 Å². The van der Waals surface area contributed by atoms with Crippen LogP contribution in [-0.2, 0) is 17.7 Å². The van der Waals surface area contributed by atoms with Crippen molar-refractivity contribution in [2.45, 2.75) is 17.7 Å². The summed E-state index contributed by atoms with van der Waals surface area (Å²) in [6.07, 6.45) is -10.6. The maximum absolute atomic E-state index is 12.5. The number of hydrogen-bond acceptors (Lipinski definition) is 2. The van der Waals surface area contributed by atoms with Crippen molar-refractivity contribution in [3.8, 4) is 0 Å². The highest BCUT2D eigenvalue weighted by atomic mass is 79.9. The van der Waals surface area contributed by atoms with Gasteiger partial charge in [0.15, 0.2) is 0 Å². The molecule has 0 heterocycles. The molecule has 0 N–H and O–H groups in total. The summed E-state index contributed by atoms with van der Waals surface area (Å²) in [7, 11) is 0. The molecule has 0 aliphatic carbocycles. The van der Waals surface area contributed by atoms with Crippen molar-refractivity contribution in [1.82, 2.24) is 0 Å². The summed E-state index contributed by atoms with van der Waals surface area (Å²) < 4.78 is 75.2. The maximum Gasteiger partial charge on any atom is 0.417 e. The van der Waals surface area contributed by atoms with Crippen LogP contribution in [0.5, 0.6) is 0 Å². The molecule has 0 amide bonds. The molecule has 1 aromatic rings. The van der Waals surface area contributed by atoms with Gasteiger partial charge in [-0.2, -0.15) is 26.3 Å². The van der Waals surface area contributed by atoms with Crippen molar-refractivity contribution >= 4 is 21.6 Å². The van der Waals surface area contributed by atoms with Crippen LogP contribution in [0.4, 0.5) is 32.0 Å². The average molecular weight is 352 g/mol. The Labute approximate surface area is 110 Å². The van der Waals surface area contributed by atoms with Crippen molar-refractivity contribution in [3.05, 3.63) is 38.9 Å². The first-order chi connectivity index (χ1) is 8.48. The molecular weight excluding hydrogens is 348 g/mol. The fraction of sp³-hybridized carbons (Fsp3) is 0.333. The Morgan fingerprint density at radius 2 is 1.47 bits per heavy atom. The quantitative estimate of drug-likeness (QED) is 0.340. The normalized spacial score (nSPS) is 12.6. The largest absolute Gasteiger partial charge is 0.417 e. The lowest BCUT2D eigenvalue weighted by atomic mass is 10.0. The second-order valence-electron chi connectivity index (χ2n) is 3.41. The average Bonchev–Trinajstić information content (AvgIpc) is 2.24. The van der Waals surface area contributed by atoms with E-state index < -0.39 is 39.7 Å². The van der Waals surface area contributed by atoms with Crippen LogP contribution in [-0.4, -0.2) is 4.92 Å². The number of hydrogen-bond donors (Lipinski definition) is 0. The minimum absolute atomic E-state index is 0.0978. The van der Waals surface area contributed by atoms with Crippen LogP contribution < -0.4 is 0 Å².